The van der Waals surface area contributed by atoms with Gasteiger partial charge >= 0.3 is 0 Å². The lowest BCUT2D eigenvalue weighted by Gasteiger charge is -2.14. The van der Waals surface area contributed by atoms with Crippen molar-refractivity contribution in [2.45, 2.75) is 24.2 Å². The zero-order chi connectivity index (χ0) is 39.5. The van der Waals surface area contributed by atoms with Crippen LogP contribution in [0.5, 0.6) is 0 Å². The van der Waals surface area contributed by atoms with Crippen molar-refractivity contribution in [3.05, 3.63) is 204 Å². The quantitative estimate of drug-likeness (QED) is 0.173. The minimum absolute atomic E-state index is 0.304. The van der Waals surface area contributed by atoms with E-state index >= 15 is 0 Å². The van der Waals surface area contributed by atoms with Gasteiger partial charge in [0, 0.05) is 76.1 Å². The number of allylic oxidation sites excluding steroid dienone is 3. The summed E-state index contributed by atoms with van der Waals surface area (Å²) in [5.74, 6) is 1.26. The maximum atomic E-state index is 2.50. The highest BCUT2D eigenvalue weighted by Crippen LogP contribution is 2.49. The van der Waals surface area contributed by atoms with Gasteiger partial charge in [0.2, 0.25) is 0 Å². The van der Waals surface area contributed by atoms with Crippen LogP contribution in [0.4, 0.5) is 0 Å². The Bertz CT molecular complexity index is 3660. The van der Waals surface area contributed by atoms with Gasteiger partial charge in [0.15, 0.2) is 0 Å². The lowest BCUT2D eigenvalue weighted by Crippen LogP contribution is -1.96. The first kappa shape index (κ1) is 34.3. The number of benzene rings is 8. The molecule has 1 aliphatic carbocycles. The standard InChI is InChI=1S/C56H38N2S2/c1-34-30-35(13-11-29-59-52-21-8-4-15-39(34)52)36-12-10-14-37(31-36)57-48-19-6-2-17-43(48)55-46-33-47-41(40(46)24-26-50(55)57)25-27-51-56(47)44-18-3-7-20-49(44)58(51)38-23-28-54-45(32-38)42-16-5-9-22-53(42)60-54/h2-28,30-32,34H,29,33H2,1H3/b13-11-,35-30+. The maximum absolute atomic E-state index is 2.50. The first-order chi connectivity index (χ1) is 29.7. The van der Waals surface area contributed by atoms with Crippen LogP contribution >= 0.6 is 23.1 Å². The fourth-order valence-corrected chi connectivity index (χ4v) is 12.5. The van der Waals surface area contributed by atoms with E-state index in [0.29, 0.717) is 5.92 Å². The summed E-state index contributed by atoms with van der Waals surface area (Å²) in [6.07, 6.45) is 7.98. The predicted octanol–water partition coefficient (Wildman–Crippen LogP) is 15.7. The van der Waals surface area contributed by atoms with Crippen molar-refractivity contribution in [2.24, 2.45) is 0 Å². The summed E-state index contributed by atoms with van der Waals surface area (Å²) in [6, 6.07) is 61.4. The lowest BCUT2D eigenvalue weighted by molar-refractivity contribution is 0.937. The molecule has 13 rings (SSSR count). The Labute approximate surface area is 356 Å². The zero-order valence-corrected chi connectivity index (χ0v) is 34.7. The number of hydrogen-bond acceptors (Lipinski definition) is 2. The number of nitrogens with zero attached hydrogens (tertiary/aromatic N) is 2. The SMILES string of the molecule is CC1/C=C(c2cccc(-n3c4ccccc4c4c5c(ccc43)-c3ccc4c(c3C5)c3ccccc3n4-c3ccc4sc5ccccc5c4c3)c2)\C=C/CSc2ccccc21. The smallest absolute Gasteiger partial charge is 0.0544 e. The predicted molar refractivity (Wildman–Crippen MR) is 259 cm³/mol. The van der Waals surface area contributed by atoms with E-state index in [9.17, 15) is 0 Å². The second-order valence-electron chi connectivity index (χ2n) is 16.3. The molecule has 0 bridgehead atoms. The number of hydrogen-bond donors (Lipinski definition) is 0. The van der Waals surface area contributed by atoms with Crippen molar-refractivity contribution in [2.75, 3.05) is 5.75 Å². The minimum atomic E-state index is 0.304. The summed E-state index contributed by atoms with van der Waals surface area (Å²) in [5.41, 5.74) is 16.9. The van der Waals surface area contributed by atoms with E-state index in [4.69, 9.17) is 0 Å². The van der Waals surface area contributed by atoms with Crippen LogP contribution in [-0.4, -0.2) is 14.9 Å². The number of aromatic nitrogens is 2. The number of para-hydroxylation sites is 2. The van der Waals surface area contributed by atoms with Gasteiger partial charge < -0.3 is 9.13 Å². The van der Waals surface area contributed by atoms with Crippen molar-refractivity contribution in [3.8, 4) is 22.5 Å². The molecule has 284 valence electrons. The maximum Gasteiger partial charge on any atom is 0.0544 e. The first-order valence-electron chi connectivity index (χ1n) is 20.9. The molecule has 3 aromatic heterocycles. The molecule has 2 nitrogen and oxygen atoms in total. The topological polar surface area (TPSA) is 9.86 Å². The van der Waals surface area contributed by atoms with Gasteiger partial charge in [-0.3, -0.25) is 0 Å². The molecule has 1 atom stereocenters. The van der Waals surface area contributed by atoms with Crippen molar-refractivity contribution in [1.82, 2.24) is 9.13 Å². The number of fused-ring (bicyclic) bond motifs is 15. The molecule has 0 N–H and O–H groups in total. The molecule has 60 heavy (non-hydrogen) atoms. The van der Waals surface area contributed by atoms with E-state index in [1.54, 1.807) is 0 Å². The molecule has 8 aromatic carbocycles. The van der Waals surface area contributed by atoms with E-state index in [-0.39, 0.29) is 0 Å². The van der Waals surface area contributed by atoms with Gasteiger partial charge in [-0.1, -0.05) is 122 Å². The van der Waals surface area contributed by atoms with Gasteiger partial charge in [-0.15, -0.1) is 23.1 Å². The highest BCUT2D eigenvalue weighted by Gasteiger charge is 2.28. The molecule has 0 radical (unpaired) electrons. The van der Waals surface area contributed by atoms with Crippen molar-refractivity contribution >= 4 is 92.5 Å². The molecular weight excluding hydrogens is 765 g/mol. The summed E-state index contributed by atoms with van der Waals surface area (Å²) < 4.78 is 7.66. The van der Waals surface area contributed by atoms with Crippen molar-refractivity contribution in [3.63, 3.8) is 0 Å². The van der Waals surface area contributed by atoms with Crippen LogP contribution in [0.25, 0.3) is 91.9 Å². The molecule has 4 heterocycles. The van der Waals surface area contributed by atoms with Gasteiger partial charge in [-0.25, -0.2) is 0 Å². The van der Waals surface area contributed by atoms with Crippen LogP contribution in [-0.2, 0) is 6.42 Å². The second-order valence-corrected chi connectivity index (χ2v) is 18.5. The van der Waals surface area contributed by atoms with E-state index in [1.165, 1.54) is 119 Å². The van der Waals surface area contributed by atoms with Crippen LogP contribution in [0.3, 0.4) is 0 Å². The lowest BCUT2D eigenvalue weighted by atomic mass is 9.95. The molecule has 2 aliphatic rings. The van der Waals surface area contributed by atoms with E-state index < -0.39 is 0 Å². The molecule has 0 fully saturated rings. The Morgan fingerprint density at radius 3 is 1.90 bits per heavy atom. The van der Waals surface area contributed by atoms with E-state index in [2.05, 4.69) is 198 Å². The molecule has 11 aromatic rings. The first-order valence-corrected chi connectivity index (χ1v) is 22.7. The second kappa shape index (κ2) is 13.2. The summed E-state index contributed by atoms with van der Waals surface area (Å²) in [6.45, 7) is 2.32. The van der Waals surface area contributed by atoms with Crippen LogP contribution < -0.4 is 0 Å². The number of thioether (sulfide) groups is 1. The van der Waals surface area contributed by atoms with Gasteiger partial charge in [0.25, 0.3) is 0 Å². The third-order valence-electron chi connectivity index (χ3n) is 13.1. The molecule has 1 aliphatic heterocycles. The molecule has 0 amide bonds. The third-order valence-corrected chi connectivity index (χ3v) is 15.3. The fourth-order valence-electron chi connectivity index (χ4n) is 10.5. The third kappa shape index (κ3) is 5.01. The zero-order valence-electron chi connectivity index (χ0n) is 33.0. The van der Waals surface area contributed by atoms with E-state index in [0.717, 1.165) is 12.2 Å². The van der Waals surface area contributed by atoms with Crippen LogP contribution in [0.1, 0.15) is 35.1 Å². The average molecular weight is 803 g/mol. The number of rotatable bonds is 3. The van der Waals surface area contributed by atoms with Crippen LogP contribution in [0, 0.1) is 0 Å². The molecule has 4 heteroatoms. The Morgan fingerprint density at radius 1 is 0.517 bits per heavy atom. The largest absolute Gasteiger partial charge is 0.309 e. The monoisotopic (exact) mass is 802 g/mol. The Kier molecular flexibility index (Phi) is 7.55. The van der Waals surface area contributed by atoms with Crippen LogP contribution in [0.15, 0.2) is 187 Å². The Hall–Kier alpha value is -6.59. The van der Waals surface area contributed by atoms with Gasteiger partial charge in [-0.05, 0) is 106 Å². The fraction of sp³-hybridized carbons (Fsp3) is 0.0714. The van der Waals surface area contributed by atoms with E-state index in [1.807, 2.05) is 23.1 Å². The van der Waals surface area contributed by atoms with Crippen molar-refractivity contribution in [1.29, 1.82) is 0 Å². The van der Waals surface area contributed by atoms with Crippen LogP contribution in [0.2, 0.25) is 0 Å². The van der Waals surface area contributed by atoms with Gasteiger partial charge in [-0.2, -0.15) is 0 Å². The Balaban J connectivity index is 0.969. The molecular formula is C56H38N2S2. The normalized spacial score (nSPS) is 16.5. The number of thiophene rings is 1. The summed E-state index contributed by atoms with van der Waals surface area (Å²) in [7, 11) is 0. The molecule has 0 saturated carbocycles. The molecule has 0 saturated heterocycles. The molecule has 1 unspecified atom stereocenters. The highest BCUT2D eigenvalue weighted by molar-refractivity contribution is 7.99. The van der Waals surface area contributed by atoms with Gasteiger partial charge in [0.1, 0.15) is 0 Å². The molecule has 0 spiro atoms. The minimum Gasteiger partial charge on any atom is -0.309 e. The highest BCUT2D eigenvalue weighted by atomic mass is 32.2. The average Bonchev–Trinajstić information content (AvgIpc) is 4.05. The van der Waals surface area contributed by atoms with Gasteiger partial charge in [0.05, 0.1) is 22.1 Å². The Morgan fingerprint density at radius 2 is 1.15 bits per heavy atom. The van der Waals surface area contributed by atoms with Crippen molar-refractivity contribution < 1.29 is 0 Å². The summed E-state index contributed by atoms with van der Waals surface area (Å²) in [5, 5.41) is 8.00. The summed E-state index contributed by atoms with van der Waals surface area (Å²) in [4.78, 5) is 1.37. The summed E-state index contributed by atoms with van der Waals surface area (Å²) >= 11 is 3.80.